The molecule has 4 nitrogen and oxygen atoms in total. The normalized spacial score (nSPS) is 13.1. The molecule has 0 radical (unpaired) electrons. The number of para-hydroxylation sites is 1. The molecule has 0 saturated heterocycles. The van der Waals surface area contributed by atoms with Crippen LogP contribution >= 0.6 is 12.4 Å². The Balaban J connectivity index is 0.00000289. The Morgan fingerprint density at radius 2 is 2.06 bits per heavy atom. The highest BCUT2D eigenvalue weighted by Crippen LogP contribution is 2.27. The van der Waals surface area contributed by atoms with Crippen LogP contribution in [0.5, 0.6) is 5.75 Å². The molecule has 6 heteroatoms. The monoisotopic (exact) mass is 277 g/mol. The molecule has 0 heterocycles. The van der Waals surface area contributed by atoms with Crippen LogP contribution in [0, 0.1) is 0 Å². The molecular formula is C12H17ClFNO3. The first kappa shape index (κ1) is 16.7. The summed E-state index contributed by atoms with van der Waals surface area (Å²) in [6.45, 7) is 1.73. The maximum Gasteiger partial charge on any atom is 0.342 e. The van der Waals surface area contributed by atoms with E-state index < -0.39 is 18.2 Å². The highest BCUT2D eigenvalue weighted by Gasteiger charge is 2.29. The van der Waals surface area contributed by atoms with Gasteiger partial charge in [0.1, 0.15) is 5.75 Å². The van der Waals surface area contributed by atoms with Gasteiger partial charge in [-0.15, -0.1) is 12.4 Å². The Labute approximate surface area is 112 Å². The summed E-state index contributed by atoms with van der Waals surface area (Å²) in [7, 11) is 1.46. The van der Waals surface area contributed by atoms with Gasteiger partial charge in [0, 0.05) is 5.56 Å². The fraction of sp³-hybridized carbons (Fsp3) is 0.417. The zero-order valence-electron chi connectivity index (χ0n) is 10.3. The van der Waals surface area contributed by atoms with Crippen molar-refractivity contribution in [2.45, 2.75) is 19.1 Å². The van der Waals surface area contributed by atoms with E-state index in [2.05, 4.69) is 4.74 Å². The highest BCUT2D eigenvalue weighted by atomic mass is 35.5. The van der Waals surface area contributed by atoms with Gasteiger partial charge >= 0.3 is 5.97 Å². The number of carbonyl (C=O) groups excluding carboxylic acids is 1. The van der Waals surface area contributed by atoms with Gasteiger partial charge in [0.15, 0.2) is 0 Å². The van der Waals surface area contributed by atoms with E-state index in [1.54, 1.807) is 31.2 Å². The number of alkyl halides is 1. The van der Waals surface area contributed by atoms with Crippen LogP contribution in [0.3, 0.4) is 0 Å². The largest absolute Gasteiger partial charge is 0.496 e. The molecule has 0 aliphatic rings. The number of carbonyl (C=O) groups is 1. The molecule has 0 aromatic heterocycles. The summed E-state index contributed by atoms with van der Waals surface area (Å²) in [6.07, 6.45) is -1.90. The van der Waals surface area contributed by atoms with Crippen LogP contribution in [0.2, 0.25) is 0 Å². The van der Waals surface area contributed by atoms with Gasteiger partial charge in [-0.1, -0.05) is 18.2 Å². The standard InChI is InChI=1S/C12H16FNO3.ClH/c1-3-17-12(15)10(13)11(14)8-6-4-5-7-9(8)16-2;/h4-7,10-11H,3,14H2,1-2H3;1H/t10?,11-;/m1./s1. The topological polar surface area (TPSA) is 61.5 Å². The predicted octanol–water partition coefficient (Wildman–Crippen LogP) is 2.02. The minimum atomic E-state index is -1.90. The molecule has 0 amide bonds. The molecule has 2 atom stereocenters. The van der Waals surface area contributed by atoms with Gasteiger partial charge in [-0.05, 0) is 13.0 Å². The van der Waals surface area contributed by atoms with E-state index in [0.717, 1.165) is 0 Å². The van der Waals surface area contributed by atoms with Crippen LogP contribution in [0.25, 0.3) is 0 Å². The average Bonchev–Trinajstić information content (AvgIpc) is 2.37. The minimum Gasteiger partial charge on any atom is -0.496 e. The minimum absolute atomic E-state index is 0. The van der Waals surface area contributed by atoms with E-state index in [1.165, 1.54) is 7.11 Å². The number of ether oxygens (including phenoxy) is 2. The van der Waals surface area contributed by atoms with E-state index in [9.17, 15) is 9.18 Å². The highest BCUT2D eigenvalue weighted by molar-refractivity contribution is 5.85. The van der Waals surface area contributed by atoms with Crippen molar-refractivity contribution in [3.63, 3.8) is 0 Å². The molecule has 0 aliphatic heterocycles. The van der Waals surface area contributed by atoms with E-state index in [1.807, 2.05) is 0 Å². The van der Waals surface area contributed by atoms with Crippen LogP contribution in [-0.2, 0) is 9.53 Å². The summed E-state index contributed by atoms with van der Waals surface area (Å²) in [5.74, 6) is -0.502. The third kappa shape index (κ3) is 3.85. The van der Waals surface area contributed by atoms with Crippen molar-refractivity contribution in [1.29, 1.82) is 0 Å². The molecular weight excluding hydrogens is 261 g/mol. The summed E-state index contributed by atoms with van der Waals surface area (Å²) in [4.78, 5) is 11.2. The van der Waals surface area contributed by atoms with E-state index in [0.29, 0.717) is 11.3 Å². The second-order valence-electron chi connectivity index (χ2n) is 3.42. The molecule has 0 fully saturated rings. The number of hydrogen-bond donors (Lipinski definition) is 1. The van der Waals surface area contributed by atoms with E-state index in [-0.39, 0.29) is 19.0 Å². The molecule has 1 unspecified atom stereocenters. The number of rotatable bonds is 5. The van der Waals surface area contributed by atoms with Gasteiger partial charge in [0.05, 0.1) is 19.8 Å². The molecule has 0 spiro atoms. The Morgan fingerprint density at radius 1 is 1.44 bits per heavy atom. The Bertz CT molecular complexity index is 389. The van der Waals surface area contributed by atoms with Crippen molar-refractivity contribution in [3.8, 4) is 5.75 Å². The van der Waals surface area contributed by atoms with Crippen LogP contribution in [-0.4, -0.2) is 25.9 Å². The van der Waals surface area contributed by atoms with Crippen molar-refractivity contribution in [2.75, 3.05) is 13.7 Å². The quantitative estimate of drug-likeness (QED) is 0.837. The Morgan fingerprint density at radius 3 is 2.61 bits per heavy atom. The molecule has 102 valence electrons. The summed E-state index contributed by atoms with van der Waals surface area (Å²) in [5, 5.41) is 0. The molecule has 0 saturated carbocycles. The SMILES string of the molecule is CCOC(=O)C(F)[C@H](N)c1ccccc1OC.Cl. The van der Waals surface area contributed by atoms with E-state index >= 15 is 0 Å². The summed E-state index contributed by atoms with van der Waals surface area (Å²) in [6, 6.07) is 5.63. The van der Waals surface area contributed by atoms with Gasteiger partial charge in [0.25, 0.3) is 0 Å². The number of esters is 1. The average molecular weight is 278 g/mol. The lowest BCUT2D eigenvalue weighted by Crippen LogP contribution is -2.31. The molecule has 1 rings (SSSR count). The van der Waals surface area contributed by atoms with Gasteiger partial charge in [0.2, 0.25) is 6.17 Å². The van der Waals surface area contributed by atoms with Crippen molar-refractivity contribution in [1.82, 2.24) is 0 Å². The number of methoxy groups -OCH3 is 1. The first-order valence-corrected chi connectivity index (χ1v) is 5.31. The smallest absolute Gasteiger partial charge is 0.342 e. The van der Waals surface area contributed by atoms with Crippen molar-refractivity contribution in [2.24, 2.45) is 5.73 Å². The number of halogens is 2. The van der Waals surface area contributed by atoms with Crippen LogP contribution in [0.15, 0.2) is 24.3 Å². The Kier molecular flexibility index (Phi) is 7.31. The van der Waals surface area contributed by atoms with Crippen molar-refractivity contribution in [3.05, 3.63) is 29.8 Å². The maximum absolute atomic E-state index is 13.7. The Hall–Kier alpha value is -1.33. The second kappa shape index (κ2) is 7.89. The molecule has 0 bridgehead atoms. The number of benzene rings is 1. The third-order valence-corrected chi connectivity index (χ3v) is 2.33. The lowest BCUT2D eigenvalue weighted by Gasteiger charge is -2.18. The lowest BCUT2D eigenvalue weighted by atomic mass is 10.0. The van der Waals surface area contributed by atoms with Crippen molar-refractivity contribution < 1.29 is 18.7 Å². The zero-order valence-corrected chi connectivity index (χ0v) is 11.1. The van der Waals surface area contributed by atoms with Crippen LogP contribution < -0.4 is 10.5 Å². The molecule has 2 N–H and O–H groups in total. The van der Waals surface area contributed by atoms with Gasteiger partial charge < -0.3 is 15.2 Å². The van der Waals surface area contributed by atoms with Gasteiger partial charge in [-0.2, -0.15) is 0 Å². The molecule has 0 aliphatic carbocycles. The molecule has 18 heavy (non-hydrogen) atoms. The van der Waals surface area contributed by atoms with E-state index in [4.69, 9.17) is 10.5 Å². The first-order chi connectivity index (χ1) is 8.11. The number of hydrogen-bond acceptors (Lipinski definition) is 4. The lowest BCUT2D eigenvalue weighted by molar-refractivity contribution is -0.149. The fourth-order valence-corrected chi connectivity index (χ4v) is 1.47. The summed E-state index contributed by atoms with van der Waals surface area (Å²) < 4.78 is 23.4. The van der Waals surface area contributed by atoms with Crippen LogP contribution in [0.4, 0.5) is 4.39 Å². The van der Waals surface area contributed by atoms with Gasteiger partial charge in [-0.25, -0.2) is 9.18 Å². The fourth-order valence-electron chi connectivity index (χ4n) is 1.47. The predicted molar refractivity (Wildman–Crippen MR) is 68.7 cm³/mol. The third-order valence-electron chi connectivity index (χ3n) is 2.33. The maximum atomic E-state index is 13.7. The van der Waals surface area contributed by atoms with Crippen molar-refractivity contribution >= 4 is 18.4 Å². The molecule has 1 aromatic carbocycles. The summed E-state index contributed by atoms with van der Waals surface area (Å²) >= 11 is 0. The first-order valence-electron chi connectivity index (χ1n) is 5.31. The number of nitrogens with two attached hydrogens (primary N) is 1. The summed E-state index contributed by atoms with van der Waals surface area (Å²) in [5.41, 5.74) is 6.13. The second-order valence-corrected chi connectivity index (χ2v) is 3.42. The van der Waals surface area contributed by atoms with Crippen LogP contribution in [0.1, 0.15) is 18.5 Å². The zero-order chi connectivity index (χ0) is 12.8. The van der Waals surface area contributed by atoms with Gasteiger partial charge in [-0.3, -0.25) is 0 Å². The molecule has 1 aromatic rings.